The third kappa shape index (κ3) is 2.73. The van der Waals surface area contributed by atoms with E-state index in [0.29, 0.717) is 0 Å². The van der Waals surface area contributed by atoms with Crippen LogP contribution in [0.15, 0.2) is 24.7 Å². The zero-order chi connectivity index (χ0) is 16.3. The second kappa shape index (κ2) is 6.20. The number of nitro groups is 1. The van der Waals surface area contributed by atoms with Crippen LogP contribution in [0.2, 0.25) is 0 Å². The number of nitrogens with one attached hydrogen (secondary N) is 1. The summed E-state index contributed by atoms with van der Waals surface area (Å²) in [5.41, 5.74) is -0.404. The SMILES string of the molecule is CCOC(=O)c1cncn1-c1cc(NC)c(F)cc1[N+](=O)[O-]. The van der Waals surface area contributed by atoms with E-state index in [-0.39, 0.29) is 23.7 Å². The minimum Gasteiger partial charge on any atom is -0.461 e. The highest BCUT2D eigenvalue weighted by Crippen LogP contribution is 2.30. The van der Waals surface area contributed by atoms with E-state index < -0.39 is 22.4 Å². The molecular formula is C13H13FN4O4. The van der Waals surface area contributed by atoms with Crippen molar-refractivity contribution >= 4 is 17.3 Å². The van der Waals surface area contributed by atoms with Crippen LogP contribution >= 0.6 is 0 Å². The largest absolute Gasteiger partial charge is 0.461 e. The number of halogens is 1. The number of nitrogens with zero attached hydrogens (tertiary/aromatic N) is 3. The van der Waals surface area contributed by atoms with Gasteiger partial charge >= 0.3 is 5.97 Å². The third-order valence-electron chi connectivity index (χ3n) is 2.91. The minimum absolute atomic E-state index is 0.0105. The second-order valence-corrected chi connectivity index (χ2v) is 4.20. The number of ether oxygens (including phenoxy) is 1. The highest BCUT2D eigenvalue weighted by molar-refractivity contribution is 5.88. The zero-order valence-electron chi connectivity index (χ0n) is 11.9. The van der Waals surface area contributed by atoms with Gasteiger partial charge in [-0.3, -0.25) is 14.7 Å². The molecule has 0 saturated carbocycles. The molecule has 0 spiro atoms. The van der Waals surface area contributed by atoms with E-state index >= 15 is 0 Å². The highest BCUT2D eigenvalue weighted by Gasteiger charge is 2.23. The van der Waals surface area contributed by atoms with Gasteiger partial charge in [-0.15, -0.1) is 0 Å². The first-order valence-corrected chi connectivity index (χ1v) is 6.35. The molecule has 0 aliphatic heterocycles. The van der Waals surface area contributed by atoms with Gasteiger partial charge in [0.25, 0.3) is 5.69 Å². The Labute approximate surface area is 124 Å². The first-order valence-electron chi connectivity index (χ1n) is 6.35. The molecule has 0 fully saturated rings. The maximum atomic E-state index is 13.7. The summed E-state index contributed by atoms with van der Waals surface area (Å²) in [6.07, 6.45) is 2.45. The van der Waals surface area contributed by atoms with Gasteiger partial charge in [0.15, 0.2) is 11.5 Å². The summed E-state index contributed by atoms with van der Waals surface area (Å²) in [7, 11) is 1.48. The summed E-state index contributed by atoms with van der Waals surface area (Å²) in [5.74, 6) is -1.44. The summed E-state index contributed by atoms with van der Waals surface area (Å²) < 4.78 is 19.8. The smallest absolute Gasteiger partial charge is 0.356 e. The Morgan fingerprint density at radius 3 is 2.86 bits per heavy atom. The van der Waals surface area contributed by atoms with Gasteiger partial charge in [-0.1, -0.05) is 0 Å². The maximum absolute atomic E-state index is 13.7. The Hall–Kier alpha value is -2.97. The van der Waals surface area contributed by atoms with Gasteiger partial charge in [-0.05, 0) is 13.0 Å². The van der Waals surface area contributed by atoms with E-state index in [1.165, 1.54) is 30.2 Å². The molecule has 1 N–H and O–H groups in total. The molecule has 2 aromatic rings. The monoisotopic (exact) mass is 308 g/mol. The Bertz CT molecular complexity index is 729. The predicted octanol–water partition coefficient (Wildman–Crippen LogP) is 2.14. The lowest BCUT2D eigenvalue weighted by Gasteiger charge is -2.10. The molecule has 2 rings (SSSR count). The van der Waals surface area contributed by atoms with Gasteiger partial charge in [0.05, 0.1) is 29.5 Å². The number of carbonyl (C=O) groups is 1. The van der Waals surface area contributed by atoms with Crippen LogP contribution in [0.5, 0.6) is 0 Å². The van der Waals surface area contributed by atoms with Gasteiger partial charge in [0.2, 0.25) is 0 Å². The van der Waals surface area contributed by atoms with Crippen LogP contribution in [-0.2, 0) is 4.74 Å². The molecule has 0 saturated heterocycles. The molecule has 0 aliphatic carbocycles. The second-order valence-electron chi connectivity index (χ2n) is 4.20. The maximum Gasteiger partial charge on any atom is 0.356 e. The van der Waals surface area contributed by atoms with Crippen molar-refractivity contribution in [2.45, 2.75) is 6.92 Å². The normalized spacial score (nSPS) is 10.3. The molecule has 0 bridgehead atoms. The molecule has 8 nitrogen and oxygen atoms in total. The van der Waals surface area contributed by atoms with Crippen molar-refractivity contribution in [1.82, 2.24) is 9.55 Å². The fourth-order valence-electron chi connectivity index (χ4n) is 1.93. The van der Waals surface area contributed by atoms with E-state index in [4.69, 9.17) is 4.74 Å². The van der Waals surface area contributed by atoms with Crippen molar-refractivity contribution in [3.63, 3.8) is 0 Å². The number of esters is 1. The molecule has 0 atom stereocenters. The summed E-state index contributed by atoms with van der Waals surface area (Å²) in [4.78, 5) is 26.1. The quantitative estimate of drug-likeness (QED) is 0.516. The Kier molecular flexibility index (Phi) is 4.35. The number of rotatable bonds is 5. The average Bonchev–Trinajstić information content (AvgIpc) is 2.96. The lowest BCUT2D eigenvalue weighted by atomic mass is 10.2. The molecule has 0 unspecified atom stereocenters. The van der Waals surface area contributed by atoms with E-state index in [2.05, 4.69) is 10.3 Å². The van der Waals surface area contributed by atoms with Gasteiger partial charge < -0.3 is 10.1 Å². The molecule has 22 heavy (non-hydrogen) atoms. The fourth-order valence-corrected chi connectivity index (χ4v) is 1.93. The predicted molar refractivity (Wildman–Crippen MR) is 75.7 cm³/mol. The Balaban J connectivity index is 2.64. The minimum atomic E-state index is -0.768. The van der Waals surface area contributed by atoms with Gasteiger partial charge in [-0.2, -0.15) is 0 Å². The van der Waals surface area contributed by atoms with Crippen molar-refractivity contribution in [2.24, 2.45) is 0 Å². The number of hydrogen-bond donors (Lipinski definition) is 1. The first-order chi connectivity index (χ1) is 10.5. The number of imidazole rings is 1. The molecule has 0 radical (unpaired) electrons. The van der Waals surface area contributed by atoms with Crippen molar-refractivity contribution in [3.05, 3.63) is 46.3 Å². The number of benzene rings is 1. The van der Waals surface area contributed by atoms with Crippen molar-refractivity contribution in [1.29, 1.82) is 0 Å². The van der Waals surface area contributed by atoms with Gasteiger partial charge in [0.1, 0.15) is 12.0 Å². The van der Waals surface area contributed by atoms with E-state index in [1.54, 1.807) is 6.92 Å². The molecule has 1 aromatic carbocycles. The Morgan fingerprint density at radius 1 is 1.55 bits per heavy atom. The van der Waals surface area contributed by atoms with E-state index in [9.17, 15) is 19.3 Å². The number of nitro benzene ring substituents is 1. The number of carbonyl (C=O) groups excluding carboxylic acids is 1. The molecule has 116 valence electrons. The standard InChI is InChI=1S/C13H13FN4O4/c1-3-22-13(19)12-6-16-7-17(12)10-5-9(15-2)8(14)4-11(10)18(20)21/h4-7,15H,3H2,1-2H3. The fraction of sp³-hybridized carbons (Fsp3) is 0.231. The van der Waals surface area contributed by atoms with Crippen LogP contribution < -0.4 is 5.32 Å². The summed E-state index contributed by atoms with van der Waals surface area (Å²) in [6.45, 7) is 1.79. The summed E-state index contributed by atoms with van der Waals surface area (Å²) in [5, 5.41) is 13.7. The van der Waals surface area contributed by atoms with Crippen LogP contribution in [0.4, 0.5) is 15.8 Å². The van der Waals surface area contributed by atoms with Gasteiger partial charge in [0, 0.05) is 7.05 Å². The van der Waals surface area contributed by atoms with Crippen molar-refractivity contribution in [2.75, 3.05) is 19.0 Å². The zero-order valence-corrected chi connectivity index (χ0v) is 11.9. The molecule has 9 heteroatoms. The van der Waals surface area contributed by atoms with Crippen LogP contribution in [-0.4, -0.2) is 34.1 Å². The summed E-state index contributed by atoms with van der Waals surface area (Å²) in [6, 6.07) is 2.02. The van der Waals surface area contributed by atoms with Crippen LogP contribution in [0.25, 0.3) is 5.69 Å². The molecule has 0 amide bonds. The molecule has 0 aliphatic rings. The topological polar surface area (TPSA) is 99.3 Å². The average molecular weight is 308 g/mol. The lowest BCUT2D eigenvalue weighted by molar-refractivity contribution is -0.384. The first kappa shape index (κ1) is 15.4. The Morgan fingerprint density at radius 2 is 2.27 bits per heavy atom. The number of hydrogen-bond acceptors (Lipinski definition) is 6. The highest BCUT2D eigenvalue weighted by atomic mass is 19.1. The van der Waals surface area contributed by atoms with Crippen LogP contribution in [0.1, 0.15) is 17.4 Å². The van der Waals surface area contributed by atoms with Crippen molar-refractivity contribution in [3.8, 4) is 5.69 Å². The molecular weight excluding hydrogens is 295 g/mol. The van der Waals surface area contributed by atoms with Gasteiger partial charge in [-0.25, -0.2) is 14.2 Å². The lowest BCUT2D eigenvalue weighted by Crippen LogP contribution is -2.12. The number of aromatic nitrogens is 2. The van der Waals surface area contributed by atoms with E-state index in [0.717, 1.165) is 6.07 Å². The van der Waals surface area contributed by atoms with E-state index in [1.807, 2.05) is 0 Å². The molecule has 1 heterocycles. The third-order valence-corrected chi connectivity index (χ3v) is 2.91. The van der Waals surface area contributed by atoms with Crippen molar-refractivity contribution < 1.29 is 18.8 Å². The number of anilines is 1. The van der Waals surface area contributed by atoms with Crippen LogP contribution in [0, 0.1) is 15.9 Å². The summed E-state index contributed by atoms with van der Waals surface area (Å²) >= 11 is 0. The molecule has 1 aromatic heterocycles. The van der Waals surface area contributed by atoms with Crippen LogP contribution in [0.3, 0.4) is 0 Å².